The first kappa shape index (κ1) is 20.1. The smallest absolute Gasteiger partial charge is 0.246 e. The predicted molar refractivity (Wildman–Crippen MR) is 111 cm³/mol. The minimum Gasteiger partial charge on any atom is -0.454 e. The summed E-state index contributed by atoms with van der Waals surface area (Å²) >= 11 is 0. The molecule has 31 heavy (non-hydrogen) atoms. The second-order valence-corrected chi connectivity index (χ2v) is 9.59. The molecular weight excluding hydrogens is 420 g/mol. The van der Waals surface area contributed by atoms with Gasteiger partial charge < -0.3 is 14.0 Å². The largest absolute Gasteiger partial charge is 0.454 e. The van der Waals surface area contributed by atoms with Gasteiger partial charge in [-0.25, -0.2) is 8.42 Å². The Morgan fingerprint density at radius 3 is 2.84 bits per heavy atom. The van der Waals surface area contributed by atoms with Gasteiger partial charge in [0.25, 0.3) is 0 Å². The summed E-state index contributed by atoms with van der Waals surface area (Å²) in [5.41, 5.74) is 1.41. The molecule has 164 valence electrons. The van der Waals surface area contributed by atoms with Crippen LogP contribution >= 0.6 is 0 Å². The number of benzene rings is 1. The van der Waals surface area contributed by atoms with Gasteiger partial charge in [-0.2, -0.15) is 9.40 Å². The van der Waals surface area contributed by atoms with Crippen molar-refractivity contribution < 1.29 is 22.4 Å². The van der Waals surface area contributed by atoms with E-state index >= 15 is 0 Å². The highest BCUT2D eigenvalue weighted by molar-refractivity contribution is 7.89. The SMILES string of the molecule is CCn1cc(S(=O)(=O)N2CCCCCC2c2cc(-c3ccc4c(c3)OCO4)on2)cn1. The van der Waals surface area contributed by atoms with Crippen LogP contribution < -0.4 is 9.47 Å². The molecule has 3 aromatic rings. The molecule has 0 amide bonds. The number of fused-ring (bicyclic) bond motifs is 1. The molecule has 1 saturated heterocycles. The maximum atomic E-state index is 13.4. The normalized spacial score (nSPS) is 19.5. The van der Waals surface area contributed by atoms with Gasteiger partial charge in [0.15, 0.2) is 17.3 Å². The van der Waals surface area contributed by atoms with Crippen molar-refractivity contribution in [3.05, 3.63) is 42.4 Å². The van der Waals surface area contributed by atoms with Crippen molar-refractivity contribution >= 4 is 10.0 Å². The van der Waals surface area contributed by atoms with Crippen molar-refractivity contribution in [2.75, 3.05) is 13.3 Å². The zero-order valence-electron chi connectivity index (χ0n) is 17.2. The number of aryl methyl sites for hydroxylation is 1. The Kier molecular flexibility index (Phi) is 5.19. The Labute approximate surface area is 180 Å². The van der Waals surface area contributed by atoms with Crippen LogP contribution in [0.25, 0.3) is 11.3 Å². The van der Waals surface area contributed by atoms with Gasteiger partial charge in [-0.15, -0.1) is 0 Å². The van der Waals surface area contributed by atoms with Crippen molar-refractivity contribution in [2.24, 2.45) is 0 Å². The summed E-state index contributed by atoms with van der Waals surface area (Å²) in [4.78, 5) is 0.209. The lowest BCUT2D eigenvalue weighted by molar-refractivity contribution is 0.174. The molecule has 1 atom stereocenters. The summed E-state index contributed by atoms with van der Waals surface area (Å²) in [7, 11) is -3.70. The molecule has 10 heteroatoms. The fourth-order valence-corrected chi connectivity index (χ4v) is 5.71. The minimum absolute atomic E-state index is 0.198. The Balaban J connectivity index is 1.47. The first-order chi connectivity index (χ1) is 15.1. The average Bonchev–Trinajstić information content (AvgIpc) is 3.51. The Morgan fingerprint density at radius 2 is 2.00 bits per heavy atom. The molecule has 0 bridgehead atoms. The summed E-state index contributed by atoms with van der Waals surface area (Å²) in [5, 5.41) is 8.40. The van der Waals surface area contributed by atoms with Gasteiger partial charge in [0.2, 0.25) is 16.8 Å². The van der Waals surface area contributed by atoms with E-state index in [1.54, 1.807) is 15.2 Å². The molecule has 2 aromatic heterocycles. The van der Waals surface area contributed by atoms with Crippen LogP contribution in [-0.2, 0) is 16.6 Å². The van der Waals surface area contributed by atoms with E-state index in [9.17, 15) is 8.42 Å². The van der Waals surface area contributed by atoms with Crippen LogP contribution in [0.15, 0.2) is 46.1 Å². The highest BCUT2D eigenvalue weighted by Crippen LogP contribution is 2.38. The van der Waals surface area contributed by atoms with E-state index in [1.807, 2.05) is 31.2 Å². The van der Waals surface area contributed by atoms with Crippen LogP contribution in [0.1, 0.15) is 44.3 Å². The van der Waals surface area contributed by atoms with Gasteiger partial charge >= 0.3 is 0 Å². The second-order valence-electron chi connectivity index (χ2n) is 7.70. The van der Waals surface area contributed by atoms with E-state index < -0.39 is 10.0 Å². The number of hydrogen-bond donors (Lipinski definition) is 0. The first-order valence-electron chi connectivity index (χ1n) is 10.5. The van der Waals surface area contributed by atoms with Gasteiger partial charge in [0, 0.05) is 30.9 Å². The lowest BCUT2D eigenvalue weighted by Crippen LogP contribution is -2.34. The molecular formula is C21H24N4O5S. The molecule has 0 saturated carbocycles. The number of nitrogens with zero attached hydrogens (tertiary/aromatic N) is 4. The third-order valence-corrected chi connectivity index (χ3v) is 7.63. The molecule has 2 aliphatic heterocycles. The van der Waals surface area contributed by atoms with Crippen LogP contribution in [0.4, 0.5) is 0 Å². The third-order valence-electron chi connectivity index (χ3n) is 5.77. The molecule has 0 spiro atoms. The van der Waals surface area contributed by atoms with Crippen LogP contribution in [0.3, 0.4) is 0 Å². The van der Waals surface area contributed by atoms with E-state index in [-0.39, 0.29) is 17.7 Å². The van der Waals surface area contributed by atoms with E-state index in [1.165, 1.54) is 6.20 Å². The summed E-state index contributed by atoms with van der Waals surface area (Å²) in [5.74, 6) is 1.91. The van der Waals surface area contributed by atoms with Crippen molar-refractivity contribution in [3.63, 3.8) is 0 Å². The number of rotatable bonds is 5. The number of sulfonamides is 1. The monoisotopic (exact) mass is 444 g/mol. The number of ether oxygens (including phenoxy) is 2. The van der Waals surface area contributed by atoms with Gasteiger partial charge in [-0.05, 0) is 38.0 Å². The zero-order valence-corrected chi connectivity index (χ0v) is 18.0. The molecule has 5 rings (SSSR count). The lowest BCUT2D eigenvalue weighted by Gasteiger charge is -2.27. The van der Waals surface area contributed by atoms with Crippen LogP contribution in [0.5, 0.6) is 11.5 Å². The van der Waals surface area contributed by atoms with E-state index in [4.69, 9.17) is 14.0 Å². The highest BCUT2D eigenvalue weighted by atomic mass is 32.2. The molecule has 0 aliphatic carbocycles. The Bertz CT molecular complexity index is 1190. The Hall–Kier alpha value is -2.85. The summed E-state index contributed by atoms with van der Waals surface area (Å²) in [6, 6.07) is 6.98. The maximum Gasteiger partial charge on any atom is 0.246 e. The standard InChI is InChI=1S/C21H24N4O5S/c1-2-24-13-16(12-22-24)31(26,27)25-9-5-3-4-6-18(25)17-11-20(30-23-17)15-7-8-19-21(10-15)29-14-28-19/h7-8,10-13,18H,2-6,9,14H2,1H3. The van der Waals surface area contributed by atoms with Crippen molar-refractivity contribution in [1.29, 1.82) is 0 Å². The van der Waals surface area contributed by atoms with Gasteiger partial charge in [0.1, 0.15) is 10.6 Å². The van der Waals surface area contributed by atoms with Crippen molar-refractivity contribution in [3.8, 4) is 22.8 Å². The molecule has 1 aromatic carbocycles. The zero-order chi connectivity index (χ0) is 21.4. The average molecular weight is 445 g/mol. The Morgan fingerprint density at radius 1 is 1.13 bits per heavy atom. The first-order valence-corrected chi connectivity index (χ1v) is 11.9. The van der Waals surface area contributed by atoms with Gasteiger partial charge in [-0.1, -0.05) is 18.0 Å². The molecule has 1 unspecified atom stereocenters. The van der Waals surface area contributed by atoms with Crippen LogP contribution in [0, 0.1) is 0 Å². The van der Waals surface area contributed by atoms with Gasteiger partial charge in [0.05, 0.1) is 12.2 Å². The third kappa shape index (κ3) is 3.70. The summed E-state index contributed by atoms with van der Waals surface area (Å²) in [6.45, 7) is 3.17. The van der Waals surface area contributed by atoms with E-state index in [0.717, 1.165) is 24.8 Å². The van der Waals surface area contributed by atoms with Crippen LogP contribution in [0.2, 0.25) is 0 Å². The fourth-order valence-electron chi connectivity index (χ4n) is 4.08. The highest BCUT2D eigenvalue weighted by Gasteiger charge is 2.36. The minimum atomic E-state index is -3.70. The van der Waals surface area contributed by atoms with Crippen molar-refractivity contribution in [1.82, 2.24) is 19.2 Å². The van der Waals surface area contributed by atoms with Gasteiger partial charge in [-0.3, -0.25) is 4.68 Å². The molecule has 1 fully saturated rings. The molecule has 4 heterocycles. The quantitative estimate of drug-likeness (QED) is 0.593. The fraction of sp³-hybridized carbons (Fsp3) is 0.429. The van der Waals surface area contributed by atoms with E-state index in [2.05, 4.69) is 10.3 Å². The summed E-state index contributed by atoms with van der Waals surface area (Å²) < 4.78 is 46.5. The molecule has 0 radical (unpaired) electrons. The van der Waals surface area contributed by atoms with Crippen LogP contribution in [-0.4, -0.2) is 41.0 Å². The molecule has 2 aliphatic rings. The van der Waals surface area contributed by atoms with Crippen molar-refractivity contribution in [2.45, 2.75) is 50.1 Å². The molecule has 9 nitrogen and oxygen atoms in total. The second kappa shape index (κ2) is 8.01. The lowest BCUT2D eigenvalue weighted by atomic mass is 10.1. The molecule has 0 N–H and O–H groups in total. The van der Waals surface area contributed by atoms with E-state index in [0.29, 0.717) is 42.5 Å². The number of aromatic nitrogens is 3. The maximum absolute atomic E-state index is 13.4. The topological polar surface area (TPSA) is 99.7 Å². The summed E-state index contributed by atoms with van der Waals surface area (Å²) in [6.07, 6.45) is 6.40. The predicted octanol–water partition coefficient (Wildman–Crippen LogP) is 3.59. The number of hydrogen-bond acceptors (Lipinski definition) is 7.